The number of benzene rings is 1. The number of ketones is 1. The molecule has 0 saturated heterocycles. The van der Waals surface area contributed by atoms with Gasteiger partial charge in [-0.3, -0.25) is 4.79 Å². The Hall–Kier alpha value is -1.57. The zero-order valence-corrected chi connectivity index (χ0v) is 10.4. The van der Waals surface area contributed by atoms with Gasteiger partial charge in [0, 0.05) is 29.6 Å². The molecule has 1 aromatic carbocycles. The lowest BCUT2D eigenvalue weighted by Gasteiger charge is -2.21. The third kappa shape index (κ3) is 1.43. The third-order valence-electron chi connectivity index (χ3n) is 4.02. The van der Waals surface area contributed by atoms with Gasteiger partial charge in [-0.15, -0.1) is 0 Å². The van der Waals surface area contributed by atoms with Crippen LogP contribution in [-0.4, -0.2) is 10.4 Å². The Morgan fingerprint density at radius 2 is 2.12 bits per heavy atom. The number of hydrogen-bond acceptors (Lipinski definition) is 1. The Kier molecular flexibility index (Phi) is 2.32. The van der Waals surface area contributed by atoms with E-state index in [1.807, 2.05) is 0 Å². The van der Waals surface area contributed by atoms with Gasteiger partial charge in [0.1, 0.15) is 5.78 Å². The van der Waals surface area contributed by atoms with Crippen LogP contribution in [0.2, 0.25) is 0 Å². The van der Waals surface area contributed by atoms with Gasteiger partial charge in [0.25, 0.3) is 0 Å². The Morgan fingerprint density at radius 1 is 1.35 bits per heavy atom. The van der Waals surface area contributed by atoms with Crippen molar-refractivity contribution in [2.45, 2.75) is 32.1 Å². The molecule has 88 valence electrons. The van der Waals surface area contributed by atoms with E-state index in [4.69, 9.17) is 0 Å². The maximum absolute atomic E-state index is 11.8. The van der Waals surface area contributed by atoms with Crippen molar-refractivity contribution in [2.75, 3.05) is 0 Å². The second kappa shape index (κ2) is 3.73. The van der Waals surface area contributed by atoms with E-state index in [9.17, 15) is 4.79 Å². The summed E-state index contributed by atoms with van der Waals surface area (Å²) >= 11 is 0. The fourth-order valence-corrected chi connectivity index (χ4v) is 3.19. The number of para-hydroxylation sites is 1. The molecule has 1 atom stereocenters. The van der Waals surface area contributed by atoms with E-state index < -0.39 is 0 Å². The van der Waals surface area contributed by atoms with Gasteiger partial charge in [-0.05, 0) is 37.8 Å². The smallest absolute Gasteiger partial charge is 0.137 e. The molecular formula is C15H17NO. The van der Waals surface area contributed by atoms with Crippen molar-refractivity contribution in [1.82, 2.24) is 4.57 Å². The molecule has 0 bridgehead atoms. The number of aryl methyl sites for hydroxylation is 1. The van der Waals surface area contributed by atoms with Crippen molar-refractivity contribution < 1.29 is 4.79 Å². The van der Waals surface area contributed by atoms with E-state index in [1.165, 1.54) is 22.2 Å². The first-order chi connectivity index (χ1) is 8.20. The highest BCUT2D eigenvalue weighted by atomic mass is 16.1. The molecule has 2 aromatic rings. The lowest BCUT2D eigenvalue weighted by atomic mass is 9.83. The lowest BCUT2D eigenvalue weighted by molar-refractivity contribution is -0.118. The normalized spacial score (nSPS) is 19.3. The summed E-state index contributed by atoms with van der Waals surface area (Å²) in [6, 6.07) is 8.42. The summed E-state index contributed by atoms with van der Waals surface area (Å²) in [5, 5.41) is 1.27. The Bertz CT molecular complexity index is 594. The molecule has 0 saturated carbocycles. The van der Waals surface area contributed by atoms with Gasteiger partial charge in [-0.25, -0.2) is 0 Å². The number of fused-ring (bicyclic) bond motifs is 3. The first-order valence-corrected chi connectivity index (χ1v) is 6.27. The number of hydrogen-bond donors (Lipinski definition) is 0. The second-order valence-electron chi connectivity index (χ2n) is 4.99. The van der Waals surface area contributed by atoms with Gasteiger partial charge >= 0.3 is 0 Å². The predicted octanol–water partition coefficient (Wildman–Crippen LogP) is 3.19. The van der Waals surface area contributed by atoms with Crippen LogP contribution in [-0.2, 0) is 18.3 Å². The summed E-state index contributed by atoms with van der Waals surface area (Å²) in [6.45, 7) is 1.72. The maximum atomic E-state index is 11.8. The van der Waals surface area contributed by atoms with Crippen LogP contribution in [0.15, 0.2) is 24.3 Å². The van der Waals surface area contributed by atoms with Gasteiger partial charge < -0.3 is 4.57 Å². The molecule has 0 radical (unpaired) electrons. The molecule has 0 N–H and O–H groups in total. The van der Waals surface area contributed by atoms with Crippen LogP contribution in [0.5, 0.6) is 0 Å². The third-order valence-corrected chi connectivity index (χ3v) is 4.02. The molecule has 1 heterocycles. The summed E-state index contributed by atoms with van der Waals surface area (Å²) in [6.07, 6.45) is 3.24. The van der Waals surface area contributed by atoms with Crippen LogP contribution in [0.25, 0.3) is 10.9 Å². The monoisotopic (exact) mass is 227 g/mol. The van der Waals surface area contributed by atoms with Gasteiger partial charge in [-0.1, -0.05) is 18.2 Å². The van der Waals surface area contributed by atoms with E-state index >= 15 is 0 Å². The minimum atomic E-state index is 0.116. The number of carbonyl (C=O) groups is 1. The highest BCUT2D eigenvalue weighted by Crippen LogP contribution is 2.38. The second-order valence-corrected chi connectivity index (χ2v) is 4.99. The van der Waals surface area contributed by atoms with Crippen molar-refractivity contribution in [2.24, 2.45) is 7.05 Å². The summed E-state index contributed by atoms with van der Waals surface area (Å²) in [5.74, 6) is 0.423. The van der Waals surface area contributed by atoms with Gasteiger partial charge in [0.15, 0.2) is 0 Å². The molecule has 17 heavy (non-hydrogen) atoms. The Labute approximate surface area is 101 Å². The average molecular weight is 227 g/mol. The first kappa shape index (κ1) is 10.6. The van der Waals surface area contributed by atoms with E-state index in [-0.39, 0.29) is 5.92 Å². The summed E-state index contributed by atoms with van der Waals surface area (Å²) in [7, 11) is 2.11. The molecular weight excluding hydrogens is 210 g/mol. The quantitative estimate of drug-likeness (QED) is 0.733. The number of Topliss-reactive ketones (excluding diaryl/α,β-unsaturated/α-hetero) is 1. The molecule has 1 unspecified atom stereocenters. The van der Waals surface area contributed by atoms with Crippen molar-refractivity contribution >= 4 is 16.7 Å². The zero-order chi connectivity index (χ0) is 12.0. The van der Waals surface area contributed by atoms with Crippen molar-refractivity contribution in [1.29, 1.82) is 0 Å². The van der Waals surface area contributed by atoms with Crippen LogP contribution >= 0.6 is 0 Å². The summed E-state index contributed by atoms with van der Waals surface area (Å²) in [4.78, 5) is 11.8. The van der Waals surface area contributed by atoms with E-state index in [2.05, 4.69) is 35.9 Å². The van der Waals surface area contributed by atoms with Crippen LogP contribution in [0.3, 0.4) is 0 Å². The van der Waals surface area contributed by atoms with E-state index in [1.54, 1.807) is 6.92 Å². The fourth-order valence-electron chi connectivity index (χ4n) is 3.19. The largest absolute Gasteiger partial charge is 0.347 e. The van der Waals surface area contributed by atoms with Gasteiger partial charge in [0.05, 0.1) is 0 Å². The van der Waals surface area contributed by atoms with E-state index in [0.29, 0.717) is 5.78 Å². The average Bonchev–Trinajstić information content (AvgIpc) is 2.64. The topological polar surface area (TPSA) is 22.0 Å². The number of aromatic nitrogens is 1. The number of carbonyl (C=O) groups excluding carboxylic acids is 1. The minimum Gasteiger partial charge on any atom is -0.347 e. The SMILES string of the molecule is CC(=O)C1CCCc2c1c1ccccc1n2C. The van der Waals surface area contributed by atoms with Crippen molar-refractivity contribution in [3.8, 4) is 0 Å². The van der Waals surface area contributed by atoms with Crippen LogP contribution < -0.4 is 0 Å². The molecule has 1 aliphatic carbocycles. The Morgan fingerprint density at radius 3 is 2.88 bits per heavy atom. The van der Waals surface area contributed by atoms with E-state index in [0.717, 1.165) is 19.3 Å². The van der Waals surface area contributed by atoms with Crippen molar-refractivity contribution in [3.63, 3.8) is 0 Å². The highest BCUT2D eigenvalue weighted by Gasteiger charge is 2.28. The van der Waals surface area contributed by atoms with Gasteiger partial charge in [-0.2, -0.15) is 0 Å². The molecule has 1 aliphatic rings. The molecule has 0 fully saturated rings. The molecule has 3 rings (SSSR count). The molecule has 2 heteroatoms. The minimum absolute atomic E-state index is 0.116. The summed E-state index contributed by atoms with van der Waals surface area (Å²) in [5.41, 5.74) is 3.91. The molecule has 0 amide bonds. The molecule has 1 aromatic heterocycles. The number of rotatable bonds is 1. The van der Waals surface area contributed by atoms with Crippen LogP contribution in [0, 0.1) is 0 Å². The standard InChI is InChI=1S/C15H17NO/c1-10(17)11-7-5-9-14-15(11)12-6-3-4-8-13(12)16(14)2/h3-4,6,8,11H,5,7,9H2,1-2H3. The molecule has 0 aliphatic heterocycles. The van der Waals surface area contributed by atoms with Crippen LogP contribution in [0.4, 0.5) is 0 Å². The lowest BCUT2D eigenvalue weighted by Crippen LogP contribution is -2.16. The Balaban J connectivity index is 2.35. The summed E-state index contributed by atoms with van der Waals surface area (Å²) < 4.78 is 2.26. The predicted molar refractivity (Wildman–Crippen MR) is 69.3 cm³/mol. The molecule has 0 spiro atoms. The van der Waals surface area contributed by atoms with Crippen LogP contribution in [0.1, 0.15) is 36.9 Å². The maximum Gasteiger partial charge on any atom is 0.137 e. The highest BCUT2D eigenvalue weighted by molar-refractivity contribution is 5.93. The molecule has 2 nitrogen and oxygen atoms in total. The zero-order valence-electron chi connectivity index (χ0n) is 10.4. The fraction of sp³-hybridized carbons (Fsp3) is 0.400. The van der Waals surface area contributed by atoms with Crippen molar-refractivity contribution in [3.05, 3.63) is 35.5 Å². The number of nitrogens with zero attached hydrogens (tertiary/aromatic N) is 1. The van der Waals surface area contributed by atoms with Gasteiger partial charge in [0.2, 0.25) is 0 Å². The first-order valence-electron chi connectivity index (χ1n) is 6.27.